The Labute approximate surface area is 194 Å². The van der Waals surface area contributed by atoms with Crippen LogP contribution < -0.4 is 10.8 Å². The van der Waals surface area contributed by atoms with Gasteiger partial charge in [-0.1, -0.05) is 76.6 Å². The third-order valence-corrected chi connectivity index (χ3v) is 5.11. The summed E-state index contributed by atoms with van der Waals surface area (Å²) in [6.45, 7) is 12.7. The molecule has 32 heavy (non-hydrogen) atoms. The van der Waals surface area contributed by atoms with Gasteiger partial charge < -0.3 is 14.9 Å². The molecule has 0 aliphatic heterocycles. The molecule has 2 atom stereocenters. The van der Waals surface area contributed by atoms with Gasteiger partial charge in [0.25, 0.3) is 0 Å². The Kier molecular flexibility index (Phi) is 16.2. The lowest BCUT2D eigenvalue weighted by atomic mass is 9.90. The molecule has 2 unspecified atom stereocenters. The molecule has 0 saturated carbocycles. The summed E-state index contributed by atoms with van der Waals surface area (Å²) in [6.07, 6.45) is 5.98. The fraction of sp³-hybridized carbons (Fsp3) is 0.600. The van der Waals surface area contributed by atoms with Gasteiger partial charge in [-0.3, -0.25) is 4.79 Å². The van der Waals surface area contributed by atoms with Gasteiger partial charge in [-0.05, 0) is 31.7 Å². The average molecular weight is 446 g/mol. The molecule has 1 heterocycles. The second kappa shape index (κ2) is 17.4. The van der Waals surface area contributed by atoms with Gasteiger partial charge in [-0.15, -0.1) is 0 Å². The first kappa shape index (κ1) is 29.9. The van der Waals surface area contributed by atoms with Crippen LogP contribution in [-0.4, -0.2) is 37.0 Å². The molecule has 1 aromatic carbocycles. The molecule has 0 bridgehead atoms. The topological polar surface area (TPSA) is 75.4 Å². The van der Waals surface area contributed by atoms with Crippen LogP contribution in [0.2, 0.25) is 0 Å². The molecule has 0 aliphatic rings. The number of hydrogen-bond acceptors (Lipinski definition) is 5. The van der Waals surface area contributed by atoms with E-state index in [4.69, 9.17) is 17.5 Å². The number of ketones is 1. The SMILES string of the molecule is CC.CCCC(CCC(C)CC)c1cc(NCCO)on1.[B]c1ccc(C(C)=O)cc1F. The number of hydrogen-bond donors (Lipinski definition) is 2. The summed E-state index contributed by atoms with van der Waals surface area (Å²) in [5.74, 6) is 1.22. The van der Waals surface area contributed by atoms with Crippen LogP contribution in [0.5, 0.6) is 0 Å². The summed E-state index contributed by atoms with van der Waals surface area (Å²) in [5, 5.41) is 16.0. The monoisotopic (exact) mass is 446 g/mol. The van der Waals surface area contributed by atoms with Crippen molar-refractivity contribution in [2.24, 2.45) is 5.92 Å². The van der Waals surface area contributed by atoms with Crippen LogP contribution in [0.4, 0.5) is 10.3 Å². The molecule has 2 radical (unpaired) electrons. The molecule has 178 valence electrons. The number of nitrogens with zero attached hydrogens (tertiary/aromatic N) is 1. The minimum absolute atomic E-state index is 0.0648. The molecule has 1 aromatic heterocycles. The fourth-order valence-corrected chi connectivity index (χ4v) is 2.97. The smallest absolute Gasteiger partial charge is 0.224 e. The van der Waals surface area contributed by atoms with E-state index in [1.54, 1.807) is 0 Å². The molecule has 0 amide bonds. The van der Waals surface area contributed by atoms with Gasteiger partial charge in [0.15, 0.2) is 5.78 Å². The minimum atomic E-state index is -0.544. The van der Waals surface area contributed by atoms with Crippen LogP contribution in [0, 0.1) is 11.7 Å². The van der Waals surface area contributed by atoms with E-state index < -0.39 is 5.82 Å². The van der Waals surface area contributed by atoms with Crippen molar-refractivity contribution < 1.29 is 18.8 Å². The molecule has 0 aliphatic carbocycles. The van der Waals surface area contributed by atoms with E-state index in [-0.39, 0.29) is 17.9 Å². The number of halogens is 1. The van der Waals surface area contributed by atoms with Crippen LogP contribution in [0.3, 0.4) is 0 Å². The summed E-state index contributed by atoms with van der Waals surface area (Å²) in [5.41, 5.74) is 1.46. The molecule has 2 N–H and O–H groups in total. The van der Waals surface area contributed by atoms with E-state index in [0.717, 1.165) is 30.5 Å². The van der Waals surface area contributed by atoms with Crippen molar-refractivity contribution in [2.45, 2.75) is 79.6 Å². The van der Waals surface area contributed by atoms with Crippen molar-refractivity contribution in [2.75, 3.05) is 18.5 Å². The molecule has 2 aromatic rings. The average Bonchev–Trinajstić information content (AvgIpc) is 3.27. The van der Waals surface area contributed by atoms with E-state index in [9.17, 15) is 9.18 Å². The maximum atomic E-state index is 12.7. The van der Waals surface area contributed by atoms with Crippen LogP contribution in [0.1, 0.15) is 95.6 Å². The van der Waals surface area contributed by atoms with Gasteiger partial charge in [0, 0.05) is 24.1 Å². The van der Waals surface area contributed by atoms with Gasteiger partial charge >= 0.3 is 0 Å². The lowest BCUT2D eigenvalue weighted by Gasteiger charge is -2.15. The van der Waals surface area contributed by atoms with E-state index in [2.05, 4.69) is 31.2 Å². The Morgan fingerprint density at radius 3 is 2.44 bits per heavy atom. The number of aromatic nitrogens is 1. The highest BCUT2D eigenvalue weighted by Gasteiger charge is 2.16. The largest absolute Gasteiger partial charge is 0.395 e. The third kappa shape index (κ3) is 11.5. The molecule has 7 heteroatoms. The van der Waals surface area contributed by atoms with Gasteiger partial charge in [0.1, 0.15) is 13.7 Å². The summed E-state index contributed by atoms with van der Waals surface area (Å²) in [7, 11) is 5.20. The lowest BCUT2D eigenvalue weighted by molar-refractivity contribution is 0.101. The molecular formula is C25H40BFN2O3. The van der Waals surface area contributed by atoms with Gasteiger partial charge in [-0.25, -0.2) is 4.39 Å². The number of aliphatic hydroxyl groups excluding tert-OH is 1. The van der Waals surface area contributed by atoms with Crippen LogP contribution >= 0.6 is 0 Å². The van der Waals surface area contributed by atoms with E-state index in [0.29, 0.717) is 23.9 Å². The normalized spacial score (nSPS) is 12.0. The number of rotatable bonds is 11. The predicted octanol–water partition coefficient (Wildman–Crippen LogP) is 5.64. The van der Waals surface area contributed by atoms with Crippen LogP contribution in [-0.2, 0) is 0 Å². The highest BCUT2D eigenvalue weighted by molar-refractivity contribution is 6.32. The van der Waals surface area contributed by atoms with Crippen LogP contribution in [0.25, 0.3) is 0 Å². The van der Waals surface area contributed by atoms with Gasteiger partial charge in [0.05, 0.1) is 12.3 Å². The van der Waals surface area contributed by atoms with Crippen molar-refractivity contribution in [3.63, 3.8) is 0 Å². The molecule has 5 nitrogen and oxygen atoms in total. The second-order valence-corrected chi connectivity index (χ2v) is 7.64. The first-order valence-electron chi connectivity index (χ1n) is 11.7. The number of Topliss-reactive ketones (excluding diaryl/α,β-unsaturated/α-hetero) is 1. The number of nitrogens with one attached hydrogen (secondary N) is 1. The second-order valence-electron chi connectivity index (χ2n) is 7.64. The number of anilines is 1. The van der Waals surface area contributed by atoms with Crippen molar-refractivity contribution >= 4 is 25.0 Å². The zero-order valence-electron chi connectivity index (χ0n) is 20.6. The minimum Gasteiger partial charge on any atom is -0.395 e. The van der Waals surface area contributed by atoms with Crippen LogP contribution in [0.15, 0.2) is 28.8 Å². The fourth-order valence-electron chi connectivity index (χ4n) is 2.97. The predicted molar refractivity (Wildman–Crippen MR) is 132 cm³/mol. The Hall–Kier alpha value is -2.15. The number of carbonyl (C=O) groups is 1. The van der Waals surface area contributed by atoms with Crippen molar-refractivity contribution in [1.82, 2.24) is 5.16 Å². The Balaban J connectivity index is 0.000000626. The Morgan fingerprint density at radius 1 is 1.22 bits per heavy atom. The van der Waals surface area contributed by atoms with Crippen molar-refractivity contribution in [1.29, 1.82) is 0 Å². The number of aliphatic hydroxyl groups is 1. The Bertz CT molecular complexity index is 767. The quantitative estimate of drug-likeness (QED) is 0.345. The van der Waals surface area contributed by atoms with E-state index in [1.165, 1.54) is 38.3 Å². The molecule has 0 spiro atoms. The van der Waals surface area contributed by atoms with Crippen molar-refractivity contribution in [3.05, 3.63) is 41.3 Å². The third-order valence-electron chi connectivity index (χ3n) is 5.11. The van der Waals surface area contributed by atoms with E-state index in [1.807, 2.05) is 19.9 Å². The maximum Gasteiger partial charge on any atom is 0.224 e. The van der Waals surface area contributed by atoms with Gasteiger partial charge in [0.2, 0.25) is 5.88 Å². The lowest BCUT2D eigenvalue weighted by Crippen LogP contribution is -2.09. The highest BCUT2D eigenvalue weighted by Crippen LogP contribution is 2.29. The summed E-state index contributed by atoms with van der Waals surface area (Å²) in [4.78, 5) is 10.7. The zero-order valence-corrected chi connectivity index (χ0v) is 20.6. The summed E-state index contributed by atoms with van der Waals surface area (Å²) in [6, 6.07) is 6.00. The van der Waals surface area contributed by atoms with Gasteiger partial charge in [-0.2, -0.15) is 0 Å². The first-order valence-corrected chi connectivity index (χ1v) is 11.7. The zero-order chi connectivity index (χ0) is 24.5. The molecular weight excluding hydrogens is 406 g/mol. The maximum absolute atomic E-state index is 12.7. The number of benzene rings is 1. The highest BCUT2D eigenvalue weighted by atomic mass is 19.1. The van der Waals surface area contributed by atoms with E-state index >= 15 is 0 Å². The number of carbonyl (C=O) groups excluding carboxylic acids is 1. The summed E-state index contributed by atoms with van der Waals surface area (Å²) >= 11 is 0. The standard InChI is InChI=1S/C15H28N2O2.C8H6BFO.C2H6/c1-4-6-13(8-7-12(3)5-2)14-11-15(19-17-14)16-9-10-18;1-5(11)6-2-3-7(9)8(10)4-6;1-2/h11-13,16,18H,4-10H2,1-3H3;2-4H,1H3;1-2H3. The summed E-state index contributed by atoms with van der Waals surface area (Å²) < 4.78 is 17.9. The molecule has 2 rings (SSSR count). The van der Waals surface area contributed by atoms with Crippen molar-refractivity contribution in [3.8, 4) is 0 Å². The molecule has 0 saturated heterocycles. The Morgan fingerprint density at radius 2 is 1.91 bits per heavy atom. The first-order chi connectivity index (χ1) is 15.3. The molecule has 0 fully saturated rings.